The summed E-state index contributed by atoms with van der Waals surface area (Å²) in [5.74, 6) is -0.770. The van der Waals surface area contributed by atoms with E-state index in [1.54, 1.807) is 0 Å². The average molecular weight is 351 g/mol. The highest BCUT2D eigenvalue weighted by Gasteiger charge is 2.31. The smallest absolute Gasteiger partial charge is 0.368 e. The molecule has 5 N–H and O–H groups in total. The quantitative estimate of drug-likeness (QED) is 0.655. The Labute approximate surface area is 138 Å². The summed E-state index contributed by atoms with van der Waals surface area (Å²) < 4.78 is 39.0. The summed E-state index contributed by atoms with van der Waals surface area (Å²) in [6, 6.07) is 4.45. The molecule has 1 amide bonds. The average Bonchev–Trinajstić information content (AvgIpc) is 2.99. The number of hydrogen-bond acceptors (Lipinski definition) is 6. The van der Waals surface area contributed by atoms with Crippen molar-refractivity contribution in [3.05, 3.63) is 36.0 Å². The highest BCUT2D eigenvalue weighted by atomic mass is 19.4. The maximum atomic E-state index is 13.0. The molecular formula is C14H12F3N7O. The molecule has 0 spiro atoms. The first-order chi connectivity index (χ1) is 11.8. The highest BCUT2D eigenvalue weighted by Crippen LogP contribution is 2.35. The fourth-order valence-electron chi connectivity index (χ4n) is 2.34. The molecule has 2 aromatic heterocycles. The van der Waals surface area contributed by atoms with Crippen molar-refractivity contribution < 1.29 is 18.0 Å². The minimum Gasteiger partial charge on any atom is -0.368 e. The minimum atomic E-state index is -4.54. The number of hydrogen-bond donors (Lipinski definition) is 3. The molecule has 0 bridgehead atoms. The molecule has 3 aromatic rings. The number of halogens is 3. The van der Waals surface area contributed by atoms with Crippen molar-refractivity contribution in [3.63, 3.8) is 0 Å². The van der Waals surface area contributed by atoms with E-state index >= 15 is 0 Å². The number of nitrogens with two attached hydrogens (primary N) is 2. The molecule has 130 valence electrons. The van der Waals surface area contributed by atoms with Crippen molar-refractivity contribution in [3.8, 4) is 0 Å². The maximum Gasteiger partial charge on any atom is 0.416 e. The van der Waals surface area contributed by atoms with Crippen molar-refractivity contribution >= 4 is 34.4 Å². The van der Waals surface area contributed by atoms with E-state index in [0.29, 0.717) is 5.39 Å². The van der Waals surface area contributed by atoms with Crippen molar-refractivity contribution in [2.75, 3.05) is 17.2 Å². The van der Waals surface area contributed by atoms with Crippen LogP contribution in [0.5, 0.6) is 0 Å². The van der Waals surface area contributed by atoms with Crippen LogP contribution in [0.3, 0.4) is 0 Å². The minimum absolute atomic E-state index is 0.0780. The Kier molecular flexibility index (Phi) is 3.91. The second-order valence-electron chi connectivity index (χ2n) is 5.14. The molecule has 8 nitrogen and oxygen atoms in total. The van der Waals surface area contributed by atoms with E-state index in [1.807, 2.05) is 0 Å². The zero-order chi connectivity index (χ0) is 18.2. The highest BCUT2D eigenvalue weighted by molar-refractivity contribution is 5.93. The lowest BCUT2D eigenvalue weighted by Crippen LogP contribution is -2.31. The Morgan fingerprint density at radius 1 is 1.28 bits per heavy atom. The molecule has 1 aromatic carbocycles. The van der Waals surface area contributed by atoms with Crippen molar-refractivity contribution in [2.45, 2.75) is 6.18 Å². The van der Waals surface area contributed by atoms with Crippen LogP contribution in [0, 0.1) is 0 Å². The predicted molar refractivity (Wildman–Crippen MR) is 83.7 cm³/mol. The normalized spacial score (nSPS) is 11.6. The number of carbonyl (C=O) groups is 1. The second-order valence-corrected chi connectivity index (χ2v) is 5.14. The van der Waals surface area contributed by atoms with Crippen molar-refractivity contribution in [2.24, 2.45) is 5.73 Å². The first-order valence-corrected chi connectivity index (χ1v) is 6.95. The van der Waals surface area contributed by atoms with Gasteiger partial charge in [0.05, 0.1) is 17.1 Å². The molecule has 25 heavy (non-hydrogen) atoms. The Morgan fingerprint density at radius 3 is 2.72 bits per heavy atom. The van der Waals surface area contributed by atoms with Crippen LogP contribution >= 0.6 is 0 Å². The lowest BCUT2D eigenvalue weighted by molar-refractivity contribution is -0.137. The van der Waals surface area contributed by atoms with Crippen LogP contribution in [0.2, 0.25) is 0 Å². The molecule has 0 radical (unpaired) electrons. The number of nitrogens with zero attached hydrogens (tertiary/aromatic N) is 4. The Hall–Kier alpha value is -3.37. The van der Waals surface area contributed by atoms with Gasteiger partial charge in [0.2, 0.25) is 11.9 Å². The monoisotopic (exact) mass is 351 g/mol. The molecule has 0 aliphatic heterocycles. The predicted octanol–water partition coefficient (Wildman–Crippen LogP) is 1.58. The molecule has 0 aliphatic carbocycles. The fourth-order valence-corrected chi connectivity index (χ4v) is 2.34. The van der Waals surface area contributed by atoms with Crippen molar-refractivity contribution in [1.29, 1.82) is 0 Å². The third-order valence-electron chi connectivity index (χ3n) is 3.36. The van der Waals surface area contributed by atoms with Crippen LogP contribution in [-0.2, 0) is 11.0 Å². The lowest BCUT2D eigenvalue weighted by atomic mass is 10.1. The van der Waals surface area contributed by atoms with E-state index in [1.165, 1.54) is 23.2 Å². The summed E-state index contributed by atoms with van der Waals surface area (Å²) in [6.07, 6.45) is -3.16. The number of H-pyrrole nitrogens is 1. The number of aromatic nitrogens is 4. The van der Waals surface area contributed by atoms with Crippen LogP contribution in [0.15, 0.2) is 30.5 Å². The molecule has 0 saturated heterocycles. The van der Waals surface area contributed by atoms with E-state index in [0.717, 1.165) is 12.1 Å². The van der Waals surface area contributed by atoms with Gasteiger partial charge in [-0.3, -0.25) is 9.89 Å². The summed E-state index contributed by atoms with van der Waals surface area (Å²) in [5.41, 5.74) is 10.4. The van der Waals surface area contributed by atoms with Crippen LogP contribution in [0.4, 0.5) is 30.6 Å². The van der Waals surface area contributed by atoms with Gasteiger partial charge in [-0.25, -0.2) is 0 Å². The molecule has 3 rings (SSSR count). The van der Waals surface area contributed by atoms with Crippen LogP contribution in [-0.4, -0.2) is 32.6 Å². The first kappa shape index (κ1) is 16.5. The molecule has 11 heteroatoms. The van der Waals surface area contributed by atoms with Gasteiger partial charge < -0.3 is 16.4 Å². The number of benzene rings is 1. The second kappa shape index (κ2) is 5.92. The van der Waals surface area contributed by atoms with Gasteiger partial charge in [-0.05, 0) is 18.2 Å². The zero-order valence-electron chi connectivity index (χ0n) is 12.6. The Morgan fingerprint density at radius 2 is 2.04 bits per heavy atom. The first-order valence-electron chi connectivity index (χ1n) is 6.95. The SMILES string of the molecule is NC(=O)CN(c1cccc(C(F)(F)F)c1)c1nc(N)nc2[nH]ncc12. The standard InChI is InChI=1S/C14H12F3N7O/c15-14(16,17)7-2-1-3-8(4-7)24(6-10(18)25)12-9-5-20-23-11(9)21-13(19)22-12/h1-5H,6H2,(H2,18,25)(H3,19,20,21,22,23). The summed E-state index contributed by atoms with van der Waals surface area (Å²) in [6.45, 7) is -0.405. The Bertz CT molecular complexity index is 938. The molecule has 0 atom stereocenters. The van der Waals surface area contributed by atoms with Crippen LogP contribution < -0.4 is 16.4 Å². The number of nitrogens with one attached hydrogen (secondary N) is 1. The number of nitrogen functional groups attached to an aromatic ring is 1. The third-order valence-corrected chi connectivity index (χ3v) is 3.36. The number of amides is 1. The van der Waals surface area contributed by atoms with E-state index < -0.39 is 24.2 Å². The summed E-state index contributed by atoms with van der Waals surface area (Å²) in [7, 11) is 0. The fraction of sp³-hybridized carbons (Fsp3) is 0.143. The van der Waals surface area contributed by atoms with Gasteiger partial charge in [0.1, 0.15) is 12.4 Å². The lowest BCUT2D eigenvalue weighted by Gasteiger charge is -2.24. The van der Waals surface area contributed by atoms with Gasteiger partial charge in [-0.15, -0.1) is 0 Å². The number of carbonyl (C=O) groups excluding carboxylic acids is 1. The summed E-state index contributed by atoms with van der Waals surface area (Å²) in [5, 5.41) is 6.78. The number of alkyl halides is 3. The molecular weight excluding hydrogens is 339 g/mol. The maximum absolute atomic E-state index is 13.0. The van der Waals surface area contributed by atoms with Gasteiger partial charge >= 0.3 is 6.18 Å². The molecule has 0 saturated carbocycles. The molecule has 2 heterocycles. The number of anilines is 3. The van der Waals surface area contributed by atoms with E-state index in [4.69, 9.17) is 11.5 Å². The van der Waals surface area contributed by atoms with E-state index in [2.05, 4.69) is 20.2 Å². The van der Waals surface area contributed by atoms with Crippen LogP contribution in [0.1, 0.15) is 5.56 Å². The summed E-state index contributed by atoms with van der Waals surface area (Å²) >= 11 is 0. The Balaban J connectivity index is 2.18. The topological polar surface area (TPSA) is 127 Å². The van der Waals surface area contributed by atoms with Gasteiger partial charge in [0.15, 0.2) is 5.65 Å². The van der Waals surface area contributed by atoms with Gasteiger partial charge in [0.25, 0.3) is 0 Å². The molecule has 0 unspecified atom stereocenters. The number of fused-ring (bicyclic) bond motifs is 1. The summed E-state index contributed by atoms with van der Waals surface area (Å²) in [4.78, 5) is 20.7. The molecule has 0 fully saturated rings. The number of primary amides is 1. The van der Waals surface area contributed by atoms with Gasteiger partial charge in [-0.2, -0.15) is 28.2 Å². The third kappa shape index (κ3) is 3.29. The van der Waals surface area contributed by atoms with Crippen LogP contribution in [0.25, 0.3) is 11.0 Å². The molecule has 0 aliphatic rings. The van der Waals surface area contributed by atoms with E-state index in [-0.39, 0.29) is 23.1 Å². The van der Waals surface area contributed by atoms with Crippen molar-refractivity contribution in [1.82, 2.24) is 20.2 Å². The van der Waals surface area contributed by atoms with E-state index in [9.17, 15) is 18.0 Å². The largest absolute Gasteiger partial charge is 0.416 e. The van der Waals surface area contributed by atoms with Gasteiger partial charge in [-0.1, -0.05) is 6.07 Å². The number of rotatable bonds is 4. The number of aromatic amines is 1. The van der Waals surface area contributed by atoms with Gasteiger partial charge in [0, 0.05) is 5.69 Å². The zero-order valence-corrected chi connectivity index (χ0v) is 12.6.